The molecule has 0 saturated carbocycles. The van der Waals surface area contributed by atoms with Gasteiger partial charge in [0.2, 0.25) is 21.8 Å². The molecule has 1 N–H and O–H groups in total. The zero-order valence-corrected chi connectivity index (χ0v) is 20.7. The van der Waals surface area contributed by atoms with Crippen LogP contribution in [0.4, 0.5) is 5.69 Å². The van der Waals surface area contributed by atoms with Crippen LogP contribution in [0.5, 0.6) is 5.75 Å². The summed E-state index contributed by atoms with van der Waals surface area (Å²) >= 11 is 0. The Hall–Kier alpha value is -3.07. The lowest BCUT2D eigenvalue weighted by Crippen LogP contribution is -2.51. The highest BCUT2D eigenvalue weighted by Crippen LogP contribution is 2.30. The van der Waals surface area contributed by atoms with Crippen molar-refractivity contribution < 1.29 is 22.7 Å². The van der Waals surface area contributed by atoms with E-state index in [9.17, 15) is 18.0 Å². The maximum absolute atomic E-state index is 13.5. The Morgan fingerprint density at radius 3 is 2.39 bits per heavy atom. The lowest BCUT2D eigenvalue weighted by molar-refractivity contribution is -0.139. The van der Waals surface area contributed by atoms with E-state index in [4.69, 9.17) is 4.74 Å². The van der Waals surface area contributed by atoms with Crippen molar-refractivity contribution in [3.8, 4) is 5.75 Å². The first kappa shape index (κ1) is 26.2. The number of amides is 2. The number of anilines is 1. The number of para-hydroxylation sites is 2. The van der Waals surface area contributed by atoms with Gasteiger partial charge in [-0.3, -0.25) is 13.9 Å². The summed E-state index contributed by atoms with van der Waals surface area (Å²) in [4.78, 5) is 27.5. The summed E-state index contributed by atoms with van der Waals surface area (Å²) in [5, 5.41) is 2.73. The molecule has 0 radical (unpaired) electrons. The first-order chi connectivity index (χ1) is 15.6. The summed E-state index contributed by atoms with van der Waals surface area (Å²) in [7, 11) is -3.82. The number of carbonyl (C=O) groups is 2. The van der Waals surface area contributed by atoms with Crippen molar-refractivity contribution in [2.75, 3.05) is 30.3 Å². The van der Waals surface area contributed by atoms with E-state index in [1.54, 1.807) is 45.0 Å². The smallest absolute Gasteiger partial charge is 0.244 e. The van der Waals surface area contributed by atoms with Gasteiger partial charge in [0, 0.05) is 13.1 Å². The van der Waals surface area contributed by atoms with E-state index in [1.165, 1.54) is 4.90 Å². The number of carbonyl (C=O) groups excluding carboxylic acids is 2. The number of ether oxygens (including phenoxy) is 1. The Balaban J connectivity index is 2.43. The van der Waals surface area contributed by atoms with Gasteiger partial charge >= 0.3 is 0 Å². The molecule has 0 heterocycles. The van der Waals surface area contributed by atoms with Crippen LogP contribution in [0.1, 0.15) is 31.9 Å². The number of hydrogen-bond donors (Lipinski definition) is 1. The Bertz CT molecular complexity index is 1070. The molecule has 0 bridgehead atoms. The van der Waals surface area contributed by atoms with Crippen molar-refractivity contribution >= 4 is 27.5 Å². The molecular weight excluding hydrogens is 442 g/mol. The molecule has 0 aliphatic heterocycles. The zero-order chi connectivity index (χ0) is 24.6. The average molecular weight is 476 g/mol. The minimum atomic E-state index is -3.82. The van der Waals surface area contributed by atoms with Crippen molar-refractivity contribution in [3.05, 3.63) is 59.7 Å². The molecule has 2 amide bonds. The molecule has 8 nitrogen and oxygen atoms in total. The predicted octanol–water partition coefficient (Wildman–Crippen LogP) is 2.71. The van der Waals surface area contributed by atoms with E-state index in [-0.39, 0.29) is 18.1 Å². The fourth-order valence-corrected chi connectivity index (χ4v) is 4.30. The second-order valence-electron chi connectivity index (χ2n) is 7.75. The van der Waals surface area contributed by atoms with Crippen LogP contribution in [0.15, 0.2) is 48.5 Å². The molecule has 1 atom stereocenters. The van der Waals surface area contributed by atoms with E-state index in [1.807, 2.05) is 31.2 Å². The molecule has 0 aliphatic rings. The Labute approximate surface area is 196 Å². The Kier molecular flexibility index (Phi) is 9.28. The standard InChI is InChI=1S/C24H33N3O5S/c1-6-25-24(29)19(4)26(16-20-12-10-11-18(3)15-20)23(28)17-27(33(5,30)31)21-13-8-9-14-22(21)32-7-2/h8-15,19H,6-7,16-17H2,1-5H3,(H,25,29). The van der Waals surface area contributed by atoms with E-state index in [0.29, 0.717) is 18.9 Å². The monoisotopic (exact) mass is 475 g/mol. The molecule has 2 rings (SSSR count). The minimum Gasteiger partial charge on any atom is -0.492 e. The fourth-order valence-electron chi connectivity index (χ4n) is 3.45. The number of likely N-dealkylation sites (N-methyl/N-ethyl adjacent to an activating group) is 1. The summed E-state index contributed by atoms with van der Waals surface area (Å²) in [6, 6.07) is 13.5. The summed E-state index contributed by atoms with van der Waals surface area (Å²) in [5.74, 6) is -0.439. The van der Waals surface area contributed by atoms with Crippen LogP contribution in [0.3, 0.4) is 0 Å². The Morgan fingerprint density at radius 2 is 1.79 bits per heavy atom. The molecule has 0 saturated heterocycles. The van der Waals surface area contributed by atoms with Crippen molar-refractivity contribution in [3.63, 3.8) is 0 Å². The molecule has 33 heavy (non-hydrogen) atoms. The van der Waals surface area contributed by atoms with E-state index >= 15 is 0 Å². The lowest BCUT2D eigenvalue weighted by atomic mass is 10.1. The van der Waals surface area contributed by atoms with Gasteiger partial charge in [-0.15, -0.1) is 0 Å². The van der Waals surface area contributed by atoms with Crippen LogP contribution in [0.2, 0.25) is 0 Å². The molecule has 1 unspecified atom stereocenters. The molecule has 0 aromatic heterocycles. The average Bonchev–Trinajstić information content (AvgIpc) is 2.75. The second kappa shape index (κ2) is 11.7. The summed E-state index contributed by atoms with van der Waals surface area (Å²) in [6.07, 6.45) is 1.04. The summed E-state index contributed by atoms with van der Waals surface area (Å²) < 4.78 is 32.0. The number of sulfonamides is 1. The maximum Gasteiger partial charge on any atom is 0.244 e. The molecule has 0 fully saturated rings. The first-order valence-electron chi connectivity index (χ1n) is 10.9. The van der Waals surface area contributed by atoms with Gasteiger partial charge in [0.15, 0.2) is 0 Å². The minimum absolute atomic E-state index is 0.170. The SMILES string of the molecule is CCNC(=O)C(C)N(Cc1cccc(C)c1)C(=O)CN(c1ccccc1OCC)S(C)(=O)=O. The van der Waals surface area contributed by atoms with E-state index < -0.39 is 28.5 Å². The van der Waals surface area contributed by atoms with E-state index in [2.05, 4.69) is 5.32 Å². The second-order valence-corrected chi connectivity index (χ2v) is 9.66. The predicted molar refractivity (Wildman–Crippen MR) is 130 cm³/mol. The fraction of sp³-hybridized carbons (Fsp3) is 0.417. The normalized spacial score (nSPS) is 12.0. The highest BCUT2D eigenvalue weighted by Gasteiger charge is 2.31. The van der Waals surface area contributed by atoms with Gasteiger partial charge in [-0.05, 0) is 45.4 Å². The first-order valence-corrected chi connectivity index (χ1v) is 12.8. The quantitative estimate of drug-likeness (QED) is 0.539. The van der Waals surface area contributed by atoms with Crippen molar-refractivity contribution in [2.45, 2.75) is 40.3 Å². The summed E-state index contributed by atoms with van der Waals surface area (Å²) in [5.41, 5.74) is 2.14. The van der Waals surface area contributed by atoms with Gasteiger partial charge in [0.25, 0.3) is 0 Å². The number of hydrogen-bond acceptors (Lipinski definition) is 5. The van der Waals surface area contributed by atoms with Crippen LogP contribution in [0, 0.1) is 6.92 Å². The topological polar surface area (TPSA) is 96.0 Å². The highest BCUT2D eigenvalue weighted by molar-refractivity contribution is 7.92. The number of aryl methyl sites for hydroxylation is 1. The maximum atomic E-state index is 13.5. The third-order valence-corrected chi connectivity index (χ3v) is 6.19. The van der Waals surface area contributed by atoms with Gasteiger partial charge in [-0.1, -0.05) is 42.0 Å². The number of benzene rings is 2. The molecular formula is C24H33N3O5S. The van der Waals surface area contributed by atoms with Crippen molar-refractivity contribution in [1.82, 2.24) is 10.2 Å². The van der Waals surface area contributed by atoms with Crippen molar-refractivity contribution in [1.29, 1.82) is 0 Å². The molecule has 0 spiro atoms. The van der Waals surface area contributed by atoms with Crippen LogP contribution < -0.4 is 14.4 Å². The van der Waals surface area contributed by atoms with Crippen LogP contribution in [0.25, 0.3) is 0 Å². The molecule has 0 aliphatic carbocycles. The van der Waals surface area contributed by atoms with Gasteiger partial charge < -0.3 is 15.0 Å². The van der Waals surface area contributed by atoms with Crippen LogP contribution >= 0.6 is 0 Å². The third kappa shape index (κ3) is 7.21. The zero-order valence-electron chi connectivity index (χ0n) is 19.9. The molecule has 9 heteroatoms. The lowest BCUT2D eigenvalue weighted by Gasteiger charge is -2.32. The van der Waals surface area contributed by atoms with Crippen LogP contribution in [-0.2, 0) is 26.2 Å². The van der Waals surface area contributed by atoms with Crippen LogP contribution in [-0.4, -0.2) is 57.1 Å². The molecule has 180 valence electrons. The van der Waals surface area contributed by atoms with E-state index in [0.717, 1.165) is 21.7 Å². The van der Waals surface area contributed by atoms with Gasteiger partial charge in [-0.25, -0.2) is 8.42 Å². The summed E-state index contributed by atoms with van der Waals surface area (Å²) in [6.45, 7) is 7.65. The largest absolute Gasteiger partial charge is 0.492 e. The number of nitrogens with one attached hydrogen (secondary N) is 1. The Morgan fingerprint density at radius 1 is 1.09 bits per heavy atom. The third-order valence-electron chi connectivity index (χ3n) is 5.07. The van der Waals surface area contributed by atoms with Gasteiger partial charge in [0.05, 0.1) is 18.6 Å². The molecule has 2 aromatic rings. The number of rotatable bonds is 11. The van der Waals surface area contributed by atoms with Crippen molar-refractivity contribution in [2.24, 2.45) is 0 Å². The van der Waals surface area contributed by atoms with Gasteiger partial charge in [-0.2, -0.15) is 0 Å². The highest BCUT2D eigenvalue weighted by atomic mass is 32.2. The number of nitrogens with zero attached hydrogens (tertiary/aromatic N) is 2. The van der Waals surface area contributed by atoms with Gasteiger partial charge in [0.1, 0.15) is 18.3 Å². The molecule has 2 aromatic carbocycles.